The number of hydrogen-bond acceptors (Lipinski definition) is 2. The van der Waals surface area contributed by atoms with Crippen LogP contribution in [0.4, 0.5) is 0 Å². The third-order valence-electron chi connectivity index (χ3n) is 4.29. The molecule has 2 atom stereocenters. The van der Waals surface area contributed by atoms with Gasteiger partial charge in [0.1, 0.15) is 4.99 Å². The summed E-state index contributed by atoms with van der Waals surface area (Å²) in [5, 5.41) is 3.00. The number of hydrogen-bond donors (Lipinski definition) is 2. The Labute approximate surface area is 132 Å². The molecule has 1 aliphatic carbocycles. The zero-order chi connectivity index (χ0) is 15.2. The summed E-state index contributed by atoms with van der Waals surface area (Å²) in [5.74, 6) is 1.55. The van der Waals surface area contributed by atoms with Crippen molar-refractivity contribution < 1.29 is 4.79 Å². The lowest BCUT2D eigenvalue weighted by molar-refractivity contribution is 0.0949. The van der Waals surface area contributed by atoms with Gasteiger partial charge in [-0.2, -0.15) is 0 Å². The van der Waals surface area contributed by atoms with Crippen molar-refractivity contribution in [2.24, 2.45) is 17.6 Å². The SMILES string of the molecule is CC1CCCC(CCNC(=O)c2cccc(C(N)=S)c2)C1. The monoisotopic (exact) mass is 304 g/mol. The molecule has 0 saturated heterocycles. The summed E-state index contributed by atoms with van der Waals surface area (Å²) >= 11 is 4.94. The molecule has 0 bridgehead atoms. The second-order valence-corrected chi connectivity index (χ2v) is 6.57. The molecule has 1 saturated carbocycles. The summed E-state index contributed by atoms with van der Waals surface area (Å²) in [6.07, 6.45) is 6.36. The zero-order valence-electron chi connectivity index (χ0n) is 12.6. The fraction of sp³-hybridized carbons (Fsp3) is 0.529. The van der Waals surface area contributed by atoms with Crippen LogP contribution in [-0.4, -0.2) is 17.4 Å². The van der Waals surface area contributed by atoms with Crippen LogP contribution in [-0.2, 0) is 0 Å². The Morgan fingerprint density at radius 3 is 2.86 bits per heavy atom. The number of nitrogens with one attached hydrogen (secondary N) is 1. The highest BCUT2D eigenvalue weighted by Gasteiger charge is 2.18. The largest absolute Gasteiger partial charge is 0.389 e. The van der Waals surface area contributed by atoms with Crippen LogP contribution in [0.3, 0.4) is 0 Å². The van der Waals surface area contributed by atoms with Gasteiger partial charge >= 0.3 is 0 Å². The minimum absolute atomic E-state index is 0.0445. The molecular weight excluding hydrogens is 280 g/mol. The summed E-state index contributed by atoms with van der Waals surface area (Å²) in [4.78, 5) is 12.5. The molecule has 0 heterocycles. The van der Waals surface area contributed by atoms with Gasteiger partial charge in [-0.15, -0.1) is 0 Å². The van der Waals surface area contributed by atoms with Crippen molar-refractivity contribution in [1.29, 1.82) is 0 Å². The van der Waals surface area contributed by atoms with Crippen LogP contribution in [0.15, 0.2) is 24.3 Å². The van der Waals surface area contributed by atoms with Crippen molar-refractivity contribution >= 4 is 23.1 Å². The van der Waals surface area contributed by atoms with Gasteiger partial charge in [-0.05, 0) is 36.8 Å². The number of rotatable bonds is 5. The fourth-order valence-corrected chi connectivity index (χ4v) is 3.25. The average molecular weight is 304 g/mol. The van der Waals surface area contributed by atoms with Gasteiger partial charge in [0.2, 0.25) is 0 Å². The molecule has 1 amide bonds. The Kier molecular flexibility index (Phi) is 5.74. The summed E-state index contributed by atoms with van der Waals surface area (Å²) in [6, 6.07) is 7.18. The minimum atomic E-state index is -0.0445. The van der Waals surface area contributed by atoms with Gasteiger partial charge in [-0.3, -0.25) is 4.79 Å². The average Bonchev–Trinajstić information content (AvgIpc) is 2.47. The van der Waals surface area contributed by atoms with E-state index < -0.39 is 0 Å². The third kappa shape index (κ3) is 4.81. The molecule has 0 aliphatic heterocycles. The third-order valence-corrected chi connectivity index (χ3v) is 4.53. The number of amides is 1. The van der Waals surface area contributed by atoms with Crippen LogP contribution in [0, 0.1) is 11.8 Å². The molecule has 3 nitrogen and oxygen atoms in total. The van der Waals surface area contributed by atoms with E-state index in [1.807, 2.05) is 12.1 Å². The standard InChI is InChI=1S/C17H24N2OS/c1-12-4-2-5-13(10-12)8-9-19-17(20)15-7-3-6-14(11-15)16(18)21/h3,6-7,11-13H,2,4-5,8-10H2,1H3,(H2,18,21)(H,19,20). The number of benzene rings is 1. The Hall–Kier alpha value is -1.42. The van der Waals surface area contributed by atoms with Gasteiger partial charge in [-0.1, -0.05) is 50.5 Å². The molecule has 0 aromatic heterocycles. The highest BCUT2D eigenvalue weighted by molar-refractivity contribution is 7.80. The van der Waals surface area contributed by atoms with Crippen molar-refractivity contribution in [3.8, 4) is 0 Å². The van der Waals surface area contributed by atoms with E-state index in [0.29, 0.717) is 10.6 Å². The molecule has 21 heavy (non-hydrogen) atoms. The van der Waals surface area contributed by atoms with E-state index in [1.54, 1.807) is 12.1 Å². The van der Waals surface area contributed by atoms with E-state index in [2.05, 4.69) is 12.2 Å². The first-order valence-electron chi connectivity index (χ1n) is 7.74. The normalized spacial score (nSPS) is 21.8. The van der Waals surface area contributed by atoms with Gasteiger partial charge in [-0.25, -0.2) is 0 Å². The fourth-order valence-electron chi connectivity index (χ4n) is 3.13. The Bertz CT molecular complexity index is 515. The first kappa shape index (κ1) is 16.0. The molecule has 1 fully saturated rings. The summed E-state index contributed by atoms with van der Waals surface area (Å²) in [5.41, 5.74) is 6.95. The summed E-state index contributed by atoms with van der Waals surface area (Å²) < 4.78 is 0. The second kappa shape index (κ2) is 7.55. The van der Waals surface area contributed by atoms with Crippen molar-refractivity contribution in [3.63, 3.8) is 0 Å². The molecule has 114 valence electrons. The van der Waals surface area contributed by atoms with Crippen molar-refractivity contribution in [2.45, 2.75) is 39.0 Å². The van der Waals surface area contributed by atoms with Crippen LogP contribution >= 0.6 is 12.2 Å². The number of nitrogens with two attached hydrogens (primary N) is 1. The highest BCUT2D eigenvalue weighted by Crippen LogP contribution is 2.30. The van der Waals surface area contributed by atoms with Crippen LogP contribution in [0.25, 0.3) is 0 Å². The van der Waals surface area contributed by atoms with E-state index in [1.165, 1.54) is 25.7 Å². The van der Waals surface area contributed by atoms with Gasteiger partial charge < -0.3 is 11.1 Å². The second-order valence-electron chi connectivity index (χ2n) is 6.13. The molecular formula is C17H24N2OS. The molecule has 4 heteroatoms. The molecule has 0 spiro atoms. The molecule has 1 aromatic rings. The lowest BCUT2D eigenvalue weighted by atomic mass is 9.81. The van der Waals surface area contributed by atoms with Crippen LogP contribution in [0.5, 0.6) is 0 Å². The van der Waals surface area contributed by atoms with E-state index in [-0.39, 0.29) is 5.91 Å². The Morgan fingerprint density at radius 2 is 2.14 bits per heavy atom. The van der Waals surface area contributed by atoms with Gasteiger partial charge in [0.15, 0.2) is 0 Å². The molecule has 2 rings (SSSR count). The van der Waals surface area contributed by atoms with Gasteiger partial charge in [0.05, 0.1) is 0 Å². The molecule has 0 radical (unpaired) electrons. The summed E-state index contributed by atoms with van der Waals surface area (Å²) in [6.45, 7) is 3.07. The highest BCUT2D eigenvalue weighted by atomic mass is 32.1. The first-order chi connectivity index (χ1) is 10.1. The van der Waals surface area contributed by atoms with Crippen LogP contribution in [0.1, 0.15) is 54.9 Å². The Morgan fingerprint density at radius 1 is 1.38 bits per heavy atom. The maximum atomic E-state index is 12.1. The van der Waals surface area contributed by atoms with E-state index >= 15 is 0 Å². The van der Waals surface area contributed by atoms with Crippen molar-refractivity contribution in [3.05, 3.63) is 35.4 Å². The predicted molar refractivity (Wildman–Crippen MR) is 90.4 cm³/mol. The number of thiocarbonyl (C=S) groups is 1. The molecule has 1 aromatic carbocycles. The van der Waals surface area contributed by atoms with E-state index in [4.69, 9.17) is 18.0 Å². The van der Waals surface area contributed by atoms with Crippen molar-refractivity contribution in [2.75, 3.05) is 6.54 Å². The maximum absolute atomic E-state index is 12.1. The van der Waals surface area contributed by atoms with Gasteiger partial charge in [0.25, 0.3) is 5.91 Å². The lowest BCUT2D eigenvalue weighted by Gasteiger charge is -2.26. The minimum Gasteiger partial charge on any atom is -0.389 e. The van der Waals surface area contributed by atoms with Crippen molar-refractivity contribution in [1.82, 2.24) is 5.32 Å². The van der Waals surface area contributed by atoms with Crippen LogP contribution in [0.2, 0.25) is 0 Å². The Balaban J connectivity index is 1.81. The van der Waals surface area contributed by atoms with E-state index in [9.17, 15) is 4.79 Å². The number of carbonyl (C=O) groups is 1. The predicted octanol–water partition coefficient (Wildman–Crippen LogP) is 3.27. The smallest absolute Gasteiger partial charge is 0.251 e. The van der Waals surface area contributed by atoms with E-state index in [0.717, 1.165) is 30.4 Å². The quantitative estimate of drug-likeness (QED) is 0.821. The summed E-state index contributed by atoms with van der Waals surface area (Å²) in [7, 11) is 0. The molecule has 3 N–H and O–H groups in total. The maximum Gasteiger partial charge on any atom is 0.251 e. The number of carbonyl (C=O) groups excluding carboxylic acids is 1. The zero-order valence-corrected chi connectivity index (χ0v) is 13.4. The lowest BCUT2D eigenvalue weighted by Crippen LogP contribution is -2.27. The first-order valence-corrected chi connectivity index (χ1v) is 8.15. The topological polar surface area (TPSA) is 55.1 Å². The van der Waals surface area contributed by atoms with Crippen LogP contribution < -0.4 is 11.1 Å². The van der Waals surface area contributed by atoms with Gasteiger partial charge in [0, 0.05) is 17.7 Å². The molecule has 2 unspecified atom stereocenters. The molecule has 1 aliphatic rings.